The standard InChI is InChI=1S/C22H23Cl2N3O2/c1-15-17(14-27(26-15)18-9-4-3-5-10-18)8-7-13-25-22(28)16(2)29-20-12-6-11-19(23)21(20)24/h3-6,9-12,14,16H,7-8,13H2,1-2H3,(H,25,28). The number of hydrogen-bond acceptors (Lipinski definition) is 3. The van der Waals surface area contributed by atoms with Crippen molar-refractivity contribution in [1.29, 1.82) is 0 Å². The van der Waals surface area contributed by atoms with E-state index in [4.69, 9.17) is 27.9 Å². The summed E-state index contributed by atoms with van der Waals surface area (Å²) in [6.45, 7) is 4.23. The average molecular weight is 432 g/mol. The fourth-order valence-electron chi connectivity index (χ4n) is 2.91. The van der Waals surface area contributed by atoms with Crippen LogP contribution in [0.2, 0.25) is 10.0 Å². The third-order valence-electron chi connectivity index (χ3n) is 4.53. The number of ether oxygens (including phenoxy) is 1. The lowest BCUT2D eigenvalue weighted by Crippen LogP contribution is -2.37. The molecule has 0 radical (unpaired) electrons. The number of aryl methyl sites for hydroxylation is 2. The summed E-state index contributed by atoms with van der Waals surface area (Å²) in [6, 6.07) is 15.1. The Balaban J connectivity index is 1.47. The third-order valence-corrected chi connectivity index (χ3v) is 5.33. The van der Waals surface area contributed by atoms with E-state index >= 15 is 0 Å². The zero-order chi connectivity index (χ0) is 20.8. The van der Waals surface area contributed by atoms with Gasteiger partial charge < -0.3 is 10.1 Å². The van der Waals surface area contributed by atoms with Gasteiger partial charge in [-0.1, -0.05) is 47.5 Å². The van der Waals surface area contributed by atoms with E-state index in [9.17, 15) is 4.79 Å². The Morgan fingerprint density at radius 1 is 1.17 bits per heavy atom. The second-order valence-corrected chi connectivity index (χ2v) is 7.51. The van der Waals surface area contributed by atoms with E-state index in [0.29, 0.717) is 22.3 Å². The summed E-state index contributed by atoms with van der Waals surface area (Å²) in [7, 11) is 0. The van der Waals surface area contributed by atoms with Crippen LogP contribution >= 0.6 is 23.2 Å². The maximum atomic E-state index is 12.3. The lowest BCUT2D eigenvalue weighted by molar-refractivity contribution is -0.127. The summed E-state index contributed by atoms with van der Waals surface area (Å²) < 4.78 is 7.52. The Morgan fingerprint density at radius 3 is 2.69 bits per heavy atom. The zero-order valence-electron chi connectivity index (χ0n) is 16.4. The molecule has 0 aliphatic carbocycles. The van der Waals surface area contributed by atoms with Crippen LogP contribution in [0.1, 0.15) is 24.6 Å². The molecule has 1 heterocycles. The zero-order valence-corrected chi connectivity index (χ0v) is 17.9. The highest BCUT2D eigenvalue weighted by Gasteiger charge is 2.16. The molecule has 152 valence electrons. The van der Waals surface area contributed by atoms with Gasteiger partial charge in [-0.3, -0.25) is 4.79 Å². The molecule has 0 saturated heterocycles. The molecule has 3 rings (SSSR count). The number of halogens is 2. The number of aromatic nitrogens is 2. The highest BCUT2D eigenvalue weighted by Crippen LogP contribution is 2.32. The van der Waals surface area contributed by atoms with Gasteiger partial charge in [0.05, 0.1) is 16.4 Å². The smallest absolute Gasteiger partial charge is 0.260 e. The molecule has 0 aliphatic heterocycles. The maximum absolute atomic E-state index is 12.3. The van der Waals surface area contributed by atoms with Crippen LogP contribution in [-0.2, 0) is 11.2 Å². The van der Waals surface area contributed by atoms with Crippen molar-refractivity contribution in [2.75, 3.05) is 6.54 Å². The number of nitrogens with zero attached hydrogens (tertiary/aromatic N) is 2. The number of carbonyl (C=O) groups excluding carboxylic acids is 1. The molecule has 5 nitrogen and oxygen atoms in total. The SMILES string of the molecule is Cc1nn(-c2ccccc2)cc1CCCNC(=O)C(C)Oc1cccc(Cl)c1Cl. The largest absolute Gasteiger partial charge is 0.479 e. The normalized spacial score (nSPS) is 11.9. The second kappa shape index (κ2) is 9.81. The third kappa shape index (κ3) is 5.52. The number of hydrogen-bond donors (Lipinski definition) is 1. The van der Waals surface area contributed by atoms with Gasteiger partial charge in [0.25, 0.3) is 5.91 Å². The number of benzene rings is 2. The van der Waals surface area contributed by atoms with Crippen molar-refractivity contribution in [3.05, 3.63) is 76.0 Å². The molecule has 29 heavy (non-hydrogen) atoms. The second-order valence-electron chi connectivity index (χ2n) is 6.73. The number of amides is 1. The predicted molar refractivity (Wildman–Crippen MR) is 116 cm³/mol. The summed E-state index contributed by atoms with van der Waals surface area (Å²) in [4.78, 5) is 12.3. The number of rotatable bonds is 8. The van der Waals surface area contributed by atoms with Crippen molar-refractivity contribution in [3.63, 3.8) is 0 Å². The van der Waals surface area contributed by atoms with E-state index in [1.165, 1.54) is 0 Å². The lowest BCUT2D eigenvalue weighted by Gasteiger charge is -2.16. The molecule has 1 aromatic heterocycles. The lowest BCUT2D eigenvalue weighted by atomic mass is 10.1. The molecule has 1 N–H and O–H groups in total. The van der Waals surface area contributed by atoms with Crippen LogP contribution in [-0.4, -0.2) is 28.3 Å². The summed E-state index contributed by atoms with van der Waals surface area (Å²) in [5.74, 6) is 0.198. The maximum Gasteiger partial charge on any atom is 0.260 e. The van der Waals surface area contributed by atoms with E-state index in [1.807, 2.05) is 48.1 Å². The monoisotopic (exact) mass is 431 g/mol. The minimum atomic E-state index is -0.673. The van der Waals surface area contributed by atoms with Gasteiger partial charge in [0.15, 0.2) is 6.10 Å². The van der Waals surface area contributed by atoms with E-state index < -0.39 is 6.10 Å². The summed E-state index contributed by atoms with van der Waals surface area (Å²) in [5.41, 5.74) is 3.19. The molecule has 1 amide bonds. The first-order valence-corrected chi connectivity index (χ1v) is 10.2. The van der Waals surface area contributed by atoms with Crippen molar-refractivity contribution >= 4 is 29.1 Å². The van der Waals surface area contributed by atoms with Crippen LogP contribution in [0.25, 0.3) is 5.69 Å². The predicted octanol–water partition coefficient (Wildman–Crippen LogP) is 5.00. The van der Waals surface area contributed by atoms with Gasteiger partial charge in [-0.05, 0) is 56.5 Å². The first kappa shape index (κ1) is 21.2. The molecule has 0 aliphatic rings. The van der Waals surface area contributed by atoms with Crippen LogP contribution < -0.4 is 10.1 Å². The average Bonchev–Trinajstić information content (AvgIpc) is 3.10. The minimum absolute atomic E-state index is 0.197. The van der Waals surface area contributed by atoms with Gasteiger partial charge in [-0.15, -0.1) is 0 Å². The summed E-state index contributed by atoms with van der Waals surface area (Å²) in [6.07, 6.45) is 3.00. The topological polar surface area (TPSA) is 56.2 Å². The molecule has 0 saturated carbocycles. The molecule has 0 spiro atoms. The van der Waals surface area contributed by atoms with Gasteiger partial charge in [0.1, 0.15) is 10.8 Å². The molecule has 0 bridgehead atoms. The summed E-state index contributed by atoms with van der Waals surface area (Å²) in [5, 5.41) is 8.17. The highest BCUT2D eigenvalue weighted by molar-refractivity contribution is 6.42. The molecule has 1 unspecified atom stereocenters. The Hall–Kier alpha value is -2.50. The molecule has 1 atom stereocenters. The van der Waals surface area contributed by atoms with Gasteiger partial charge in [-0.25, -0.2) is 4.68 Å². The molecular weight excluding hydrogens is 409 g/mol. The fourth-order valence-corrected chi connectivity index (χ4v) is 3.24. The number of carbonyl (C=O) groups is 1. The molecular formula is C22H23Cl2N3O2. The van der Waals surface area contributed by atoms with Gasteiger partial charge >= 0.3 is 0 Å². The molecule has 2 aromatic carbocycles. The van der Waals surface area contributed by atoms with E-state index in [-0.39, 0.29) is 5.91 Å². The van der Waals surface area contributed by atoms with E-state index in [2.05, 4.69) is 10.4 Å². The number of para-hydroxylation sites is 1. The van der Waals surface area contributed by atoms with Crippen molar-refractivity contribution in [2.24, 2.45) is 0 Å². The van der Waals surface area contributed by atoms with Crippen molar-refractivity contribution < 1.29 is 9.53 Å². The van der Waals surface area contributed by atoms with Gasteiger partial charge in [0.2, 0.25) is 0 Å². The highest BCUT2D eigenvalue weighted by atomic mass is 35.5. The minimum Gasteiger partial charge on any atom is -0.479 e. The van der Waals surface area contributed by atoms with Crippen LogP contribution in [0, 0.1) is 6.92 Å². The molecule has 7 heteroatoms. The number of nitrogens with one attached hydrogen (secondary N) is 1. The van der Waals surface area contributed by atoms with Crippen LogP contribution in [0.4, 0.5) is 0 Å². The van der Waals surface area contributed by atoms with Crippen molar-refractivity contribution in [1.82, 2.24) is 15.1 Å². The Bertz CT molecular complexity index is 973. The van der Waals surface area contributed by atoms with Crippen LogP contribution in [0.15, 0.2) is 54.7 Å². The van der Waals surface area contributed by atoms with Gasteiger partial charge in [0, 0.05) is 12.7 Å². The van der Waals surface area contributed by atoms with Gasteiger partial charge in [-0.2, -0.15) is 5.10 Å². The fraction of sp³-hybridized carbons (Fsp3) is 0.273. The first-order valence-electron chi connectivity index (χ1n) is 9.44. The quantitative estimate of drug-likeness (QED) is 0.510. The van der Waals surface area contributed by atoms with E-state index in [1.54, 1.807) is 25.1 Å². The van der Waals surface area contributed by atoms with E-state index in [0.717, 1.165) is 29.8 Å². The summed E-state index contributed by atoms with van der Waals surface area (Å²) >= 11 is 12.1. The van der Waals surface area contributed by atoms with Crippen molar-refractivity contribution in [3.8, 4) is 11.4 Å². The van der Waals surface area contributed by atoms with Crippen molar-refractivity contribution in [2.45, 2.75) is 32.8 Å². The Kier molecular flexibility index (Phi) is 7.18. The molecule has 3 aromatic rings. The molecule has 0 fully saturated rings. The van der Waals surface area contributed by atoms with Crippen LogP contribution in [0.3, 0.4) is 0 Å². The Morgan fingerprint density at radius 2 is 1.93 bits per heavy atom. The Labute approximate surface area is 180 Å². The van der Waals surface area contributed by atoms with Crippen LogP contribution in [0.5, 0.6) is 5.75 Å². The first-order chi connectivity index (χ1) is 14.0.